The van der Waals surface area contributed by atoms with Gasteiger partial charge in [-0.3, -0.25) is 9.69 Å². The van der Waals surface area contributed by atoms with Gasteiger partial charge in [-0.05, 0) is 44.9 Å². The van der Waals surface area contributed by atoms with E-state index in [0.29, 0.717) is 25.1 Å². The van der Waals surface area contributed by atoms with Crippen molar-refractivity contribution in [1.82, 2.24) is 10.2 Å². The molecule has 1 aliphatic rings. The monoisotopic (exact) mass is 318 g/mol. The van der Waals surface area contributed by atoms with Crippen LogP contribution in [0.3, 0.4) is 0 Å². The lowest BCUT2D eigenvalue weighted by molar-refractivity contribution is -0.123. The van der Waals surface area contributed by atoms with Crippen LogP contribution in [-0.2, 0) is 4.79 Å². The molecule has 0 unspecified atom stereocenters. The smallest absolute Gasteiger partial charge is 0.234 e. The van der Waals surface area contributed by atoms with E-state index in [1.165, 1.54) is 24.8 Å². The summed E-state index contributed by atoms with van der Waals surface area (Å²) >= 11 is 0. The maximum atomic E-state index is 12.1. The number of nitrogens with one attached hydrogen (secondary N) is 1. The third-order valence-electron chi connectivity index (χ3n) is 4.63. The van der Waals surface area contributed by atoms with Crippen LogP contribution in [-0.4, -0.2) is 43.6 Å². The van der Waals surface area contributed by atoms with Gasteiger partial charge in [-0.25, -0.2) is 0 Å². The molecule has 0 spiro atoms. The van der Waals surface area contributed by atoms with E-state index < -0.39 is 0 Å². The largest absolute Gasteiger partial charge is 0.492 e. The Hall–Kier alpha value is -1.55. The Labute approximate surface area is 140 Å². The predicted molar refractivity (Wildman–Crippen MR) is 93.7 cm³/mol. The number of aryl methyl sites for hydroxylation is 1. The first-order valence-corrected chi connectivity index (χ1v) is 8.72. The van der Waals surface area contributed by atoms with Gasteiger partial charge in [0.2, 0.25) is 5.91 Å². The number of carbonyl (C=O) groups excluding carboxylic acids is 1. The molecule has 23 heavy (non-hydrogen) atoms. The molecule has 0 bridgehead atoms. The van der Waals surface area contributed by atoms with Crippen LogP contribution < -0.4 is 10.1 Å². The molecule has 0 heterocycles. The Balaban J connectivity index is 1.64. The zero-order valence-corrected chi connectivity index (χ0v) is 14.7. The highest BCUT2D eigenvalue weighted by molar-refractivity contribution is 5.78. The molecular formula is C19H30N2O2. The summed E-state index contributed by atoms with van der Waals surface area (Å²) in [5.41, 5.74) is 1.23. The van der Waals surface area contributed by atoms with Gasteiger partial charge in [0.25, 0.3) is 0 Å². The third-order valence-corrected chi connectivity index (χ3v) is 4.63. The van der Waals surface area contributed by atoms with E-state index in [4.69, 9.17) is 4.74 Å². The van der Waals surface area contributed by atoms with E-state index in [2.05, 4.69) is 19.2 Å². The van der Waals surface area contributed by atoms with Crippen LogP contribution in [0.25, 0.3) is 0 Å². The topological polar surface area (TPSA) is 41.6 Å². The van der Waals surface area contributed by atoms with Crippen LogP contribution in [0.5, 0.6) is 5.75 Å². The summed E-state index contributed by atoms with van der Waals surface area (Å²) in [5.74, 6) is 1.61. The number of nitrogens with zero attached hydrogens (tertiary/aromatic N) is 1. The fourth-order valence-corrected chi connectivity index (χ4v) is 3.06. The normalized spacial score (nSPS) is 21.2. The maximum absolute atomic E-state index is 12.1. The van der Waals surface area contributed by atoms with Crippen LogP contribution in [0.15, 0.2) is 24.3 Å². The van der Waals surface area contributed by atoms with Crippen LogP contribution in [0.4, 0.5) is 0 Å². The third kappa shape index (κ3) is 6.22. The van der Waals surface area contributed by atoms with Crippen molar-refractivity contribution in [3.8, 4) is 5.75 Å². The van der Waals surface area contributed by atoms with Crippen molar-refractivity contribution >= 4 is 5.91 Å². The Morgan fingerprint density at radius 1 is 1.26 bits per heavy atom. The number of carbonyl (C=O) groups is 1. The van der Waals surface area contributed by atoms with Gasteiger partial charge in [0, 0.05) is 12.6 Å². The number of rotatable bonds is 7. The fourth-order valence-electron chi connectivity index (χ4n) is 3.06. The lowest BCUT2D eigenvalue weighted by Gasteiger charge is -2.30. The molecule has 4 heteroatoms. The van der Waals surface area contributed by atoms with E-state index >= 15 is 0 Å². The zero-order chi connectivity index (χ0) is 16.7. The Morgan fingerprint density at radius 3 is 2.65 bits per heavy atom. The number of amides is 1. The molecule has 4 nitrogen and oxygen atoms in total. The predicted octanol–water partition coefficient (Wildman–Crippen LogP) is 3.00. The zero-order valence-electron chi connectivity index (χ0n) is 14.7. The minimum atomic E-state index is 0.126. The van der Waals surface area contributed by atoms with Gasteiger partial charge in [0.1, 0.15) is 12.4 Å². The molecule has 128 valence electrons. The second kappa shape index (κ2) is 8.92. The van der Waals surface area contributed by atoms with E-state index in [-0.39, 0.29) is 5.91 Å². The van der Waals surface area contributed by atoms with Gasteiger partial charge in [-0.1, -0.05) is 37.5 Å². The van der Waals surface area contributed by atoms with Gasteiger partial charge in [-0.15, -0.1) is 0 Å². The van der Waals surface area contributed by atoms with Crippen molar-refractivity contribution in [3.63, 3.8) is 0 Å². The quantitative estimate of drug-likeness (QED) is 0.840. The summed E-state index contributed by atoms with van der Waals surface area (Å²) < 4.78 is 5.71. The Kier molecular flexibility index (Phi) is 6.90. The highest BCUT2D eigenvalue weighted by Gasteiger charge is 2.22. The lowest BCUT2D eigenvalue weighted by Crippen LogP contribution is -2.45. The highest BCUT2D eigenvalue weighted by Crippen LogP contribution is 2.23. The molecule has 1 saturated carbocycles. The molecule has 1 fully saturated rings. The molecule has 1 aromatic rings. The van der Waals surface area contributed by atoms with Crippen molar-refractivity contribution in [2.75, 3.05) is 26.7 Å². The van der Waals surface area contributed by atoms with Crippen molar-refractivity contribution in [1.29, 1.82) is 0 Å². The summed E-state index contributed by atoms with van der Waals surface area (Å²) in [5, 5.41) is 3.19. The van der Waals surface area contributed by atoms with Crippen LogP contribution in [0.2, 0.25) is 0 Å². The highest BCUT2D eigenvalue weighted by atomic mass is 16.5. The molecule has 1 aromatic carbocycles. The van der Waals surface area contributed by atoms with Gasteiger partial charge in [0.15, 0.2) is 0 Å². The van der Waals surface area contributed by atoms with Crippen molar-refractivity contribution in [2.45, 2.75) is 45.6 Å². The number of hydrogen-bond acceptors (Lipinski definition) is 3. The number of ether oxygens (including phenoxy) is 1. The molecule has 1 amide bonds. The second-order valence-corrected chi connectivity index (χ2v) is 6.84. The summed E-state index contributed by atoms with van der Waals surface area (Å²) in [6.45, 7) is 6.06. The van der Waals surface area contributed by atoms with Gasteiger partial charge < -0.3 is 10.1 Å². The minimum absolute atomic E-state index is 0.126. The van der Waals surface area contributed by atoms with Crippen molar-refractivity contribution in [2.24, 2.45) is 5.92 Å². The summed E-state index contributed by atoms with van der Waals surface area (Å²) in [7, 11) is 1.96. The summed E-state index contributed by atoms with van der Waals surface area (Å²) in [6, 6.07) is 8.39. The number of hydrogen-bond donors (Lipinski definition) is 1. The number of likely N-dealkylation sites (N-methyl/N-ethyl adjacent to an activating group) is 1. The standard InChI is InChI=1S/C19H30N2O2/c1-15-8-10-17(11-9-15)23-13-12-21(3)14-19(22)20-18-7-5-4-6-16(18)2/h8-11,16,18H,4-7,12-14H2,1-3H3,(H,20,22)/t16-,18+/m1/s1. The van der Waals surface area contributed by atoms with E-state index in [1.807, 2.05) is 36.2 Å². The van der Waals surface area contributed by atoms with Gasteiger partial charge >= 0.3 is 0 Å². The molecule has 2 atom stereocenters. The molecule has 1 aliphatic carbocycles. The van der Waals surface area contributed by atoms with Crippen molar-refractivity contribution in [3.05, 3.63) is 29.8 Å². The molecule has 0 aliphatic heterocycles. The van der Waals surface area contributed by atoms with Crippen LogP contribution in [0, 0.1) is 12.8 Å². The second-order valence-electron chi connectivity index (χ2n) is 6.84. The SMILES string of the molecule is Cc1ccc(OCCN(C)CC(=O)N[C@H]2CCCC[C@H]2C)cc1. The van der Waals surface area contributed by atoms with Crippen molar-refractivity contribution < 1.29 is 9.53 Å². The average Bonchev–Trinajstić information content (AvgIpc) is 2.51. The molecule has 1 N–H and O–H groups in total. The lowest BCUT2D eigenvalue weighted by atomic mass is 9.86. The molecule has 2 rings (SSSR count). The molecular weight excluding hydrogens is 288 g/mol. The molecule has 0 radical (unpaired) electrons. The number of benzene rings is 1. The average molecular weight is 318 g/mol. The first kappa shape index (κ1) is 17.8. The summed E-state index contributed by atoms with van der Waals surface area (Å²) in [6.07, 6.45) is 4.87. The van der Waals surface area contributed by atoms with E-state index in [9.17, 15) is 4.79 Å². The van der Waals surface area contributed by atoms with E-state index in [1.54, 1.807) is 0 Å². The van der Waals surface area contributed by atoms with Gasteiger partial charge in [-0.2, -0.15) is 0 Å². The Morgan fingerprint density at radius 2 is 1.96 bits per heavy atom. The van der Waals surface area contributed by atoms with Crippen LogP contribution in [0.1, 0.15) is 38.2 Å². The first-order valence-electron chi connectivity index (χ1n) is 8.72. The fraction of sp³-hybridized carbons (Fsp3) is 0.632. The van der Waals surface area contributed by atoms with Crippen LogP contribution >= 0.6 is 0 Å². The minimum Gasteiger partial charge on any atom is -0.492 e. The van der Waals surface area contributed by atoms with Gasteiger partial charge in [0.05, 0.1) is 6.54 Å². The first-order chi connectivity index (χ1) is 11.0. The Bertz CT molecular complexity index is 487. The van der Waals surface area contributed by atoms with E-state index in [0.717, 1.165) is 18.7 Å². The summed E-state index contributed by atoms with van der Waals surface area (Å²) in [4.78, 5) is 14.2. The molecule has 0 aromatic heterocycles. The maximum Gasteiger partial charge on any atom is 0.234 e. The molecule has 0 saturated heterocycles.